The van der Waals surface area contributed by atoms with E-state index in [1.807, 2.05) is 68.5 Å². The van der Waals surface area contributed by atoms with Gasteiger partial charge in [-0.25, -0.2) is 4.79 Å². The third-order valence-electron chi connectivity index (χ3n) is 4.75. The summed E-state index contributed by atoms with van der Waals surface area (Å²) in [7, 11) is 0. The Hall–Kier alpha value is -3.79. The molecule has 172 valence electrons. The highest BCUT2D eigenvalue weighted by Crippen LogP contribution is 2.19. The monoisotopic (exact) mass is 444 g/mol. The molecule has 0 radical (unpaired) electrons. The first-order valence-corrected chi connectivity index (χ1v) is 10.7. The van der Waals surface area contributed by atoms with Gasteiger partial charge in [0.15, 0.2) is 0 Å². The highest BCUT2D eigenvalue weighted by atomic mass is 16.5. The van der Waals surface area contributed by atoms with E-state index < -0.39 is 5.97 Å². The van der Waals surface area contributed by atoms with Crippen LogP contribution in [0.2, 0.25) is 0 Å². The van der Waals surface area contributed by atoms with Gasteiger partial charge in [-0.1, -0.05) is 61.2 Å². The number of carbonyl (C=O) groups is 1. The summed E-state index contributed by atoms with van der Waals surface area (Å²) < 4.78 is 16.9. The van der Waals surface area contributed by atoms with Gasteiger partial charge in [0.1, 0.15) is 31.3 Å². The van der Waals surface area contributed by atoms with Crippen LogP contribution in [0.4, 0.5) is 0 Å². The lowest BCUT2D eigenvalue weighted by molar-refractivity contribution is -0.137. The largest absolute Gasteiger partial charge is 0.490 e. The average Bonchev–Trinajstić information content (AvgIpc) is 2.81. The van der Waals surface area contributed by atoms with Crippen molar-refractivity contribution in [3.63, 3.8) is 0 Å². The lowest BCUT2D eigenvalue weighted by Crippen LogP contribution is -2.08. The SMILES string of the molecule is C=CCOC(=O)/C(C)=C/C(=C/COc1ccc(C(=C)C)cc1)COc1ccc(C(=C)C)cc1. The molecular formula is C29H32O4. The van der Waals surface area contributed by atoms with E-state index >= 15 is 0 Å². The van der Waals surface area contributed by atoms with Crippen LogP contribution in [0.1, 0.15) is 31.9 Å². The lowest BCUT2D eigenvalue weighted by Gasteiger charge is -2.10. The zero-order valence-electron chi connectivity index (χ0n) is 19.7. The number of rotatable bonds is 12. The fraction of sp³-hybridized carbons (Fsp3) is 0.207. The zero-order valence-corrected chi connectivity index (χ0v) is 19.7. The number of esters is 1. The fourth-order valence-corrected chi connectivity index (χ4v) is 2.83. The van der Waals surface area contributed by atoms with Crippen molar-refractivity contribution in [2.45, 2.75) is 20.8 Å². The van der Waals surface area contributed by atoms with Crippen molar-refractivity contribution in [2.75, 3.05) is 19.8 Å². The molecule has 0 N–H and O–H groups in total. The van der Waals surface area contributed by atoms with Crippen molar-refractivity contribution in [1.29, 1.82) is 0 Å². The summed E-state index contributed by atoms with van der Waals surface area (Å²) in [4.78, 5) is 12.1. The van der Waals surface area contributed by atoms with Crippen molar-refractivity contribution < 1.29 is 19.0 Å². The molecule has 0 saturated carbocycles. The molecule has 2 aromatic carbocycles. The Morgan fingerprint density at radius 3 is 1.82 bits per heavy atom. The molecule has 0 heterocycles. The van der Waals surface area contributed by atoms with Crippen molar-refractivity contribution in [3.05, 3.63) is 109 Å². The molecule has 2 rings (SSSR count). The lowest BCUT2D eigenvalue weighted by atomic mass is 10.1. The maximum atomic E-state index is 12.1. The molecule has 0 unspecified atom stereocenters. The first kappa shape index (κ1) is 25.5. The molecule has 0 aromatic heterocycles. The third kappa shape index (κ3) is 8.69. The minimum absolute atomic E-state index is 0.165. The van der Waals surface area contributed by atoms with E-state index in [0.29, 0.717) is 12.2 Å². The van der Waals surface area contributed by atoms with Gasteiger partial charge >= 0.3 is 5.97 Å². The minimum atomic E-state index is -0.400. The van der Waals surface area contributed by atoms with Crippen LogP contribution in [-0.4, -0.2) is 25.8 Å². The summed E-state index contributed by atoms with van der Waals surface area (Å²) in [6.07, 6.45) is 5.17. The van der Waals surface area contributed by atoms with E-state index in [2.05, 4.69) is 19.7 Å². The topological polar surface area (TPSA) is 44.8 Å². The molecule has 33 heavy (non-hydrogen) atoms. The number of benzene rings is 2. The number of carbonyl (C=O) groups excluding carboxylic acids is 1. The predicted octanol–water partition coefficient (Wildman–Crippen LogP) is 6.81. The Morgan fingerprint density at radius 2 is 1.33 bits per heavy atom. The van der Waals surface area contributed by atoms with Crippen LogP contribution in [0.3, 0.4) is 0 Å². The summed E-state index contributed by atoms with van der Waals surface area (Å²) >= 11 is 0. The number of allylic oxidation sites excluding steroid dienone is 2. The molecule has 0 fully saturated rings. The molecule has 4 nitrogen and oxygen atoms in total. The zero-order chi connectivity index (χ0) is 24.2. The van der Waals surface area contributed by atoms with Gasteiger partial charge in [-0.3, -0.25) is 0 Å². The summed E-state index contributed by atoms with van der Waals surface area (Å²) in [5.74, 6) is 1.07. The molecule has 2 aromatic rings. The highest BCUT2D eigenvalue weighted by Gasteiger charge is 2.07. The van der Waals surface area contributed by atoms with Crippen LogP contribution in [0.5, 0.6) is 11.5 Å². The van der Waals surface area contributed by atoms with Gasteiger partial charge < -0.3 is 14.2 Å². The van der Waals surface area contributed by atoms with Crippen LogP contribution in [0.25, 0.3) is 11.1 Å². The summed E-state index contributed by atoms with van der Waals surface area (Å²) in [6.45, 7) is 17.8. The van der Waals surface area contributed by atoms with E-state index in [4.69, 9.17) is 14.2 Å². The van der Waals surface area contributed by atoms with Crippen LogP contribution >= 0.6 is 0 Å². The quantitative estimate of drug-likeness (QED) is 0.156. The van der Waals surface area contributed by atoms with Gasteiger partial charge in [-0.2, -0.15) is 0 Å². The minimum Gasteiger partial charge on any atom is -0.490 e. The van der Waals surface area contributed by atoms with E-state index in [-0.39, 0.29) is 13.2 Å². The van der Waals surface area contributed by atoms with E-state index in [1.54, 1.807) is 13.0 Å². The second kappa shape index (κ2) is 12.9. The molecular weight excluding hydrogens is 412 g/mol. The van der Waals surface area contributed by atoms with E-state index in [9.17, 15) is 4.79 Å². The maximum Gasteiger partial charge on any atom is 0.334 e. The van der Waals surface area contributed by atoms with E-state index in [0.717, 1.165) is 39.3 Å². The summed E-state index contributed by atoms with van der Waals surface area (Å²) in [5.41, 5.74) is 5.39. The van der Waals surface area contributed by atoms with Gasteiger partial charge in [0.25, 0.3) is 0 Å². The predicted molar refractivity (Wildman–Crippen MR) is 136 cm³/mol. The van der Waals surface area contributed by atoms with Crippen LogP contribution < -0.4 is 9.47 Å². The van der Waals surface area contributed by atoms with Gasteiger partial charge in [0.05, 0.1) is 0 Å². The molecule has 0 aliphatic carbocycles. The molecule has 0 atom stereocenters. The molecule has 0 saturated heterocycles. The standard InChI is InChI=1S/C29H32O4/c1-7-17-32-29(30)23(6)19-24(20-33-28-14-10-26(11-15-28)22(4)5)16-18-31-27-12-8-25(9-13-27)21(2)3/h7-16,19H,1-2,4,17-18,20H2,3,5-6H3/b23-19+,24-16-. The van der Waals surface area contributed by atoms with Crippen LogP contribution in [0.15, 0.2) is 97.6 Å². The fourth-order valence-electron chi connectivity index (χ4n) is 2.83. The molecule has 0 bridgehead atoms. The van der Waals surface area contributed by atoms with Gasteiger partial charge in [0, 0.05) is 5.57 Å². The van der Waals surface area contributed by atoms with Crippen molar-refractivity contribution in [3.8, 4) is 11.5 Å². The Bertz CT molecular complexity index is 1040. The molecule has 0 aliphatic rings. The van der Waals surface area contributed by atoms with Crippen LogP contribution in [0, 0.1) is 0 Å². The Labute approximate surface area is 197 Å². The molecule has 4 heteroatoms. The summed E-state index contributed by atoms with van der Waals surface area (Å²) in [6, 6.07) is 15.5. The average molecular weight is 445 g/mol. The molecule has 0 aliphatic heterocycles. The number of ether oxygens (including phenoxy) is 3. The van der Waals surface area contributed by atoms with Crippen molar-refractivity contribution in [1.82, 2.24) is 0 Å². The normalized spacial score (nSPS) is 11.5. The second-order valence-corrected chi connectivity index (χ2v) is 7.70. The highest BCUT2D eigenvalue weighted by molar-refractivity contribution is 5.88. The number of hydrogen-bond acceptors (Lipinski definition) is 4. The third-order valence-corrected chi connectivity index (χ3v) is 4.75. The molecule has 0 spiro atoms. The Kier molecular flexibility index (Phi) is 9.97. The number of hydrogen-bond donors (Lipinski definition) is 0. The Balaban J connectivity index is 2.10. The van der Waals surface area contributed by atoms with Gasteiger partial charge in [0.2, 0.25) is 0 Å². The van der Waals surface area contributed by atoms with Crippen molar-refractivity contribution >= 4 is 17.1 Å². The van der Waals surface area contributed by atoms with Crippen molar-refractivity contribution in [2.24, 2.45) is 0 Å². The van der Waals surface area contributed by atoms with E-state index in [1.165, 1.54) is 6.08 Å². The van der Waals surface area contributed by atoms with Gasteiger partial charge in [-0.15, -0.1) is 0 Å². The summed E-state index contributed by atoms with van der Waals surface area (Å²) in [5, 5.41) is 0. The maximum absolute atomic E-state index is 12.1. The van der Waals surface area contributed by atoms with Crippen LogP contribution in [-0.2, 0) is 9.53 Å². The second-order valence-electron chi connectivity index (χ2n) is 7.70. The molecule has 0 amide bonds. The first-order valence-electron chi connectivity index (χ1n) is 10.7. The smallest absolute Gasteiger partial charge is 0.334 e. The van der Waals surface area contributed by atoms with Gasteiger partial charge in [-0.05, 0) is 73.9 Å². The Morgan fingerprint density at radius 1 is 0.818 bits per heavy atom. The first-order chi connectivity index (χ1) is 15.8.